The Labute approximate surface area is 135 Å². The summed E-state index contributed by atoms with van der Waals surface area (Å²) in [4.78, 5) is 0. The molecule has 2 aromatic carbocycles. The molecule has 0 radical (unpaired) electrons. The van der Waals surface area contributed by atoms with Crippen molar-refractivity contribution in [3.63, 3.8) is 0 Å². The summed E-state index contributed by atoms with van der Waals surface area (Å²) in [6, 6.07) is 17.5. The molecule has 0 N–H and O–H groups in total. The van der Waals surface area contributed by atoms with E-state index in [9.17, 15) is 0 Å². The van der Waals surface area contributed by atoms with E-state index in [-0.39, 0.29) is 0 Å². The van der Waals surface area contributed by atoms with Crippen LogP contribution in [0.4, 0.5) is 0 Å². The summed E-state index contributed by atoms with van der Waals surface area (Å²) in [5, 5.41) is 1.70. The minimum atomic E-state index is -1.43. The zero-order valence-corrected chi connectivity index (χ0v) is 15.1. The van der Waals surface area contributed by atoms with Gasteiger partial charge in [-0.1, -0.05) is 88.0 Å². The lowest BCUT2D eigenvalue weighted by Crippen LogP contribution is -2.49. The molecule has 0 atom stereocenters. The molecule has 0 saturated heterocycles. The first kappa shape index (κ1) is 15.3. The Morgan fingerprint density at radius 1 is 0.955 bits per heavy atom. The van der Waals surface area contributed by atoms with Crippen molar-refractivity contribution in [2.75, 3.05) is 0 Å². The van der Waals surface area contributed by atoms with Crippen molar-refractivity contribution >= 4 is 19.3 Å². The molecule has 0 unspecified atom stereocenters. The molecule has 0 fully saturated rings. The molecule has 114 valence electrons. The summed E-state index contributed by atoms with van der Waals surface area (Å²) >= 11 is 0. The molecule has 2 aromatic rings. The lowest BCUT2D eigenvalue weighted by molar-refractivity contribution is 1.18. The highest BCUT2D eigenvalue weighted by molar-refractivity contribution is 6.92. The van der Waals surface area contributed by atoms with Crippen molar-refractivity contribution < 1.29 is 0 Å². The third-order valence-corrected chi connectivity index (χ3v) is 11.5. The molecule has 1 aliphatic carbocycles. The monoisotopic (exact) mass is 306 g/mol. The maximum atomic E-state index is 4.10. The van der Waals surface area contributed by atoms with Crippen LogP contribution in [0.25, 0.3) is 17.2 Å². The normalized spacial score (nSPS) is 12.9. The summed E-state index contributed by atoms with van der Waals surface area (Å²) in [6.45, 7) is 11.3. The van der Waals surface area contributed by atoms with Gasteiger partial charge in [0, 0.05) is 0 Å². The van der Waals surface area contributed by atoms with E-state index in [0.29, 0.717) is 0 Å². The largest absolute Gasteiger partial charge is 0.0985 e. The Bertz CT molecular complexity index is 700. The van der Waals surface area contributed by atoms with Crippen molar-refractivity contribution in [3.8, 4) is 11.1 Å². The van der Waals surface area contributed by atoms with Crippen LogP contribution in [0.1, 0.15) is 37.5 Å². The Morgan fingerprint density at radius 2 is 1.64 bits per heavy atom. The average Bonchev–Trinajstić information content (AvgIpc) is 2.95. The summed E-state index contributed by atoms with van der Waals surface area (Å²) in [6.07, 6.45) is 3.19. The van der Waals surface area contributed by atoms with Crippen LogP contribution < -0.4 is 5.19 Å². The molecular weight excluding hydrogens is 280 g/mol. The average molecular weight is 307 g/mol. The fraction of sp³-hybridized carbons (Fsp3) is 0.333. The van der Waals surface area contributed by atoms with E-state index in [1.165, 1.54) is 40.4 Å². The highest BCUT2D eigenvalue weighted by Crippen LogP contribution is 2.38. The predicted molar refractivity (Wildman–Crippen MR) is 102 cm³/mol. The molecule has 3 rings (SSSR count). The fourth-order valence-corrected chi connectivity index (χ4v) is 8.53. The summed E-state index contributed by atoms with van der Waals surface area (Å²) in [5.41, 5.74) is 7.41. The molecule has 0 saturated carbocycles. The minimum Gasteiger partial charge on any atom is -0.0985 e. The van der Waals surface area contributed by atoms with Gasteiger partial charge in [-0.25, -0.2) is 0 Å². The fourth-order valence-electron chi connectivity index (χ4n) is 4.31. The summed E-state index contributed by atoms with van der Waals surface area (Å²) in [5.74, 6) is 0. The van der Waals surface area contributed by atoms with Crippen LogP contribution in [0, 0.1) is 0 Å². The number of hydrogen-bond acceptors (Lipinski definition) is 0. The second-order valence-corrected chi connectivity index (χ2v) is 11.6. The Hall–Kier alpha value is -1.60. The van der Waals surface area contributed by atoms with Gasteiger partial charge in [-0.15, -0.1) is 0 Å². The molecule has 1 heteroatoms. The van der Waals surface area contributed by atoms with Gasteiger partial charge in [0.05, 0.1) is 8.07 Å². The molecule has 0 nitrogen and oxygen atoms in total. The molecular formula is C21H26Si. The highest BCUT2D eigenvalue weighted by Gasteiger charge is 2.35. The van der Waals surface area contributed by atoms with Gasteiger partial charge in [0.25, 0.3) is 0 Å². The maximum absolute atomic E-state index is 4.10. The molecule has 0 spiro atoms. The van der Waals surface area contributed by atoms with Gasteiger partial charge in [-0.3, -0.25) is 0 Å². The van der Waals surface area contributed by atoms with Crippen LogP contribution in [0.15, 0.2) is 43.0 Å². The molecule has 0 aromatic heterocycles. The van der Waals surface area contributed by atoms with Crippen LogP contribution in [-0.2, 0) is 6.42 Å². The standard InChI is InChI=1S/C21H26Si/c1-5-16-13-14-19-18-12-10-9-11-17(18)15-20(19)21(16)22(6-2,7-3)8-4/h5,9-14H,1,6-8,15H2,2-4H3. The SMILES string of the molecule is C=Cc1ccc2c(c1[Si](CC)(CC)CC)Cc1ccccc1-2. The van der Waals surface area contributed by atoms with Crippen LogP contribution in [0.5, 0.6) is 0 Å². The quantitative estimate of drug-likeness (QED) is 0.537. The van der Waals surface area contributed by atoms with Gasteiger partial charge in [-0.2, -0.15) is 0 Å². The van der Waals surface area contributed by atoms with E-state index in [0.717, 1.165) is 6.42 Å². The summed E-state index contributed by atoms with van der Waals surface area (Å²) in [7, 11) is -1.43. The molecule has 0 bridgehead atoms. The van der Waals surface area contributed by atoms with E-state index in [4.69, 9.17) is 0 Å². The zero-order valence-electron chi connectivity index (χ0n) is 14.1. The van der Waals surface area contributed by atoms with Crippen molar-refractivity contribution in [1.82, 2.24) is 0 Å². The second kappa shape index (κ2) is 5.89. The number of benzene rings is 2. The number of fused-ring (bicyclic) bond motifs is 3. The Balaban J connectivity index is 2.29. The zero-order chi connectivity index (χ0) is 15.7. The predicted octanol–water partition coefficient (Wildman–Crippen LogP) is 5.62. The molecule has 22 heavy (non-hydrogen) atoms. The van der Waals surface area contributed by atoms with Gasteiger partial charge in [-0.05, 0) is 39.4 Å². The maximum Gasteiger partial charge on any atom is 0.0871 e. The van der Waals surface area contributed by atoms with Gasteiger partial charge in [0.15, 0.2) is 0 Å². The van der Waals surface area contributed by atoms with Crippen molar-refractivity contribution in [1.29, 1.82) is 0 Å². The van der Waals surface area contributed by atoms with Crippen LogP contribution in [-0.4, -0.2) is 8.07 Å². The third kappa shape index (κ3) is 2.11. The molecule has 0 heterocycles. The highest BCUT2D eigenvalue weighted by atomic mass is 28.3. The molecule has 0 amide bonds. The van der Waals surface area contributed by atoms with E-state index in [1.807, 2.05) is 0 Å². The van der Waals surface area contributed by atoms with Crippen LogP contribution in [0.3, 0.4) is 0 Å². The van der Waals surface area contributed by atoms with E-state index in [2.05, 4.69) is 69.8 Å². The van der Waals surface area contributed by atoms with E-state index >= 15 is 0 Å². The van der Waals surface area contributed by atoms with Gasteiger partial charge in [0.1, 0.15) is 0 Å². The number of hydrogen-bond donors (Lipinski definition) is 0. The Kier molecular flexibility index (Phi) is 4.09. The van der Waals surface area contributed by atoms with Crippen molar-refractivity contribution in [2.24, 2.45) is 0 Å². The van der Waals surface area contributed by atoms with Crippen molar-refractivity contribution in [3.05, 3.63) is 59.7 Å². The third-order valence-electron chi connectivity index (χ3n) is 5.80. The van der Waals surface area contributed by atoms with E-state index in [1.54, 1.807) is 10.8 Å². The van der Waals surface area contributed by atoms with E-state index < -0.39 is 8.07 Å². The number of rotatable bonds is 5. The molecule has 0 aliphatic heterocycles. The second-order valence-electron chi connectivity index (χ2n) is 6.43. The van der Waals surface area contributed by atoms with Gasteiger partial charge < -0.3 is 0 Å². The van der Waals surface area contributed by atoms with Gasteiger partial charge >= 0.3 is 0 Å². The smallest absolute Gasteiger partial charge is 0.0871 e. The Morgan fingerprint density at radius 3 is 2.27 bits per heavy atom. The van der Waals surface area contributed by atoms with Crippen LogP contribution in [0.2, 0.25) is 18.1 Å². The topological polar surface area (TPSA) is 0 Å². The van der Waals surface area contributed by atoms with Gasteiger partial charge in [0.2, 0.25) is 0 Å². The van der Waals surface area contributed by atoms with Crippen LogP contribution >= 0.6 is 0 Å². The minimum absolute atomic E-state index is 1.11. The van der Waals surface area contributed by atoms with Crippen molar-refractivity contribution in [2.45, 2.75) is 45.3 Å². The summed E-state index contributed by atoms with van der Waals surface area (Å²) < 4.78 is 0. The first-order chi connectivity index (χ1) is 10.7. The first-order valence-electron chi connectivity index (χ1n) is 8.57. The lowest BCUT2D eigenvalue weighted by Gasteiger charge is -2.33. The molecule has 1 aliphatic rings. The lowest BCUT2D eigenvalue weighted by atomic mass is 10.0. The first-order valence-corrected chi connectivity index (χ1v) is 11.2.